The molecule has 4 rings (SSSR count). The van der Waals surface area contributed by atoms with Crippen molar-refractivity contribution in [3.63, 3.8) is 0 Å². The van der Waals surface area contributed by atoms with Gasteiger partial charge in [-0.1, -0.05) is 6.07 Å². The molecule has 3 aliphatic rings. The Bertz CT molecular complexity index is 618. The zero-order valence-corrected chi connectivity index (χ0v) is 13.7. The molecule has 3 fully saturated rings. The minimum atomic E-state index is -0.0265. The molecule has 0 radical (unpaired) electrons. The number of nitrogens with zero attached hydrogens (tertiary/aromatic N) is 1. The molecule has 2 saturated carbocycles. The van der Waals surface area contributed by atoms with Crippen molar-refractivity contribution in [1.29, 1.82) is 0 Å². The van der Waals surface area contributed by atoms with E-state index in [-0.39, 0.29) is 12.1 Å². The number of fused-ring (bicyclic) bond motifs is 2. The van der Waals surface area contributed by atoms with Gasteiger partial charge < -0.3 is 19.7 Å². The number of carbonyl (C=O) groups excluding carboxylic acids is 1. The van der Waals surface area contributed by atoms with E-state index in [1.807, 2.05) is 25.2 Å². The molecule has 0 spiro atoms. The third-order valence-corrected chi connectivity index (χ3v) is 5.76. The van der Waals surface area contributed by atoms with E-state index in [0.29, 0.717) is 18.6 Å². The van der Waals surface area contributed by atoms with E-state index in [1.54, 1.807) is 12.0 Å². The molecule has 1 N–H and O–H groups in total. The highest BCUT2D eigenvalue weighted by Crippen LogP contribution is 2.47. The van der Waals surface area contributed by atoms with Crippen LogP contribution >= 0.6 is 0 Å². The molecule has 5 nitrogen and oxygen atoms in total. The first-order valence-corrected chi connectivity index (χ1v) is 8.51. The van der Waals surface area contributed by atoms with Crippen molar-refractivity contribution >= 4 is 6.03 Å². The Labute approximate surface area is 136 Å². The van der Waals surface area contributed by atoms with Crippen molar-refractivity contribution in [2.45, 2.75) is 37.8 Å². The number of ether oxygens (including phenoxy) is 2. The first kappa shape index (κ1) is 14.7. The molecule has 1 aliphatic heterocycles. The minimum Gasteiger partial charge on any atom is -0.493 e. The van der Waals surface area contributed by atoms with Gasteiger partial charge in [-0.2, -0.15) is 0 Å². The second-order valence-corrected chi connectivity index (χ2v) is 7.05. The van der Waals surface area contributed by atoms with Crippen LogP contribution < -0.4 is 14.8 Å². The molecule has 2 aliphatic carbocycles. The molecule has 1 heterocycles. The average Bonchev–Trinajstić information content (AvgIpc) is 3.25. The van der Waals surface area contributed by atoms with E-state index in [9.17, 15) is 4.79 Å². The van der Waals surface area contributed by atoms with Gasteiger partial charge in [0, 0.05) is 13.6 Å². The molecule has 1 aromatic carbocycles. The quantitative estimate of drug-likeness (QED) is 0.929. The summed E-state index contributed by atoms with van der Waals surface area (Å²) in [4.78, 5) is 13.4. The third kappa shape index (κ3) is 2.52. The smallest absolute Gasteiger partial charge is 0.317 e. The van der Waals surface area contributed by atoms with Crippen molar-refractivity contribution in [3.8, 4) is 11.5 Å². The van der Waals surface area contributed by atoms with Crippen molar-refractivity contribution in [2.75, 3.05) is 20.7 Å². The van der Waals surface area contributed by atoms with Gasteiger partial charge in [0.05, 0.1) is 13.2 Å². The predicted molar refractivity (Wildman–Crippen MR) is 86.8 cm³/mol. The van der Waals surface area contributed by atoms with E-state index in [2.05, 4.69) is 5.32 Å². The maximum absolute atomic E-state index is 11.7. The topological polar surface area (TPSA) is 50.8 Å². The van der Waals surface area contributed by atoms with Gasteiger partial charge in [0.1, 0.15) is 6.10 Å². The van der Waals surface area contributed by atoms with Crippen LogP contribution in [0.1, 0.15) is 37.3 Å². The molecule has 5 heteroatoms. The van der Waals surface area contributed by atoms with Crippen LogP contribution in [0.2, 0.25) is 0 Å². The summed E-state index contributed by atoms with van der Waals surface area (Å²) in [5, 5.41) is 2.88. The first-order valence-electron chi connectivity index (χ1n) is 8.51. The van der Waals surface area contributed by atoms with Crippen LogP contribution in [0.25, 0.3) is 0 Å². The number of carbonyl (C=O) groups is 1. The van der Waals surface area contributed by atoms with Gasteiger partial charge in [0.15, 0.2) is 11.5 Å². The Morgan fingerprint density at radius 3 is 2.70 bits per heavy atom. The fourth-order valence-corrected chi connectivity index (χ4v) is 4.42. The van der Waals surface area contributed by atoms with Crippen LogP contribution in [0.3, 0.4) is 0 Å². The lowest BCUT2D eigenvalue weighted by molar-refractivity contribution is 0.133. The van der Waals surface area contributed by atoms with Gasteiger partial charge in [-0.25, -0.2) is 4.79 Å². The summed E-state index contributed by atoms with van der Waals surface area (Å²) >= 11 is 0. The SMILES string of the molecule is COc1ccc(C2CNC(=O)N2C)cc1OC1CC2CCC1C2. The lowest BCUT2D eigenvalue weighted by Crippen LogP contribution is -2.25. The molecular formula is C18H24N2O3. The third-order valence-electron chi connectivity index (χ3n) is 5.76. The number of benzene rings is 1. The molecule has 2 amide bonds. The molecule has 124 valence electrons. The molecule has 0 aromatic heterocycles. The Balaban J connectivity index is 1.57. The number of rotatable bonds is 4. The monoisotopic (exact) mass is 316 g/mol. The summed E-state index contributed by atoms with van der Waals surface area (Å²) in [6.45, 7) is 0.634. The Kier molecular flexibility index (Phi) is 3.58. The maximum Gasteiger partial charge on any atom is 0.317 e. The normalized spacial score (nSPS) is 32.3. The largest absolute Gasteiger partial charge is 0.493 e. The van der Waals surface area contributed by atoms with E-state index < -0.39 is 0 Å². The Morgan fingerprint density at radius 1 is 1.22 bits per heavy atom. The van der Waals surface area contributed by atoms with Crippen LogP contribution in [0.15, 0.2) is 18.2 Å². The second kappa shape index (κ2) is 5.62. The molecule has 4 unspecified atom stereocenters. The summed E-state index contributed by atoms with van der Waals surface area (Å²) in [5.74, 6) is 3.14. The van der Waals surface area contributed by atoms with Crippen molar-refractivity contribution in [2.24, 2.45) is 11.8 Å². The molecule has 1 saturated heterocycles. The molecule has 23 heavy (non-hydrogen) atoms. The lowest BCUT2D eigenvalue weighted by atomic mass is 9.97. The van der Waals surface area contributed by atoms with Crippen molar-refractivity contribution in [3.05, 3.63) is 23.8 Å². The van der Waals surface area contributed by atoms with Crippen LogP contribution in [-0.4, -0.2) is 37.7 Å². The second-order valence-electron chi connectivity index (χ2n) is 7.05. The van der Waals surface area contributed by atoms with E-state index in [1.165, 1.54) is 25.7 Å². The molecule has 1 aromatic rings. The van der Waals surface area contributed by atoms with E-state index >= 15 is 0 Å². The number of likely N-dealkylation sites (N-methyl/N-ethyl adjacent to an activating group) is 1. The zero-order chi connectivity index (χ0) is 16.0. The summed E-state index contributed by atoms with van der Waals surface area (Å²) in [6.07, 6.45) is 5.46. The Morgan fingerprint density at radius 2 is 2.09 bits per heavy atom. The van der Waals surface area contributed by atoms with Crippen LogP contribution in [-0.2, 0) is 0 Å². The number of hydrogen-bond donors (Lipinski definition) is 1. The maximum atomic E-state index is 11.7. The fourth-order valence-electron chi connectivity index (χ4n) is 4.42. The molecule has 2 bridgehead atoms. The minimum absolute atomic E-state index is 0.0265. The van der Waals surface area contributed by atoms with E-state index in [0.717, 1.165) is 23.0 Å². The fraction of sp³-hybridized carbons (Fsp3) is 0.611. The average molecular weight is 316 g/mol. The van der Waals surface area contributed by atoms with E-state index in [4.69, 9.17) is 9.47 Å². The number of methoxy groups -OCH3 is 1. The Hall–Kier alpha value is -1.91. The van der Waals surface area contributed by atoms with Gasteiger partial charge in [0.2, 0.25) is 0 Å². The standard InChI is InChI=1S/C18H24N2O3/c1-20-14(10-19-18(20)21)12-5-6-15(22-2)17(9-12)23-16-8-11-3-4-13(16)7-11/h5-6,9,11,13-14,16H,3-4,7-8,10H2,1-2H3,(H,19,21). The van der Waals surface area contributed by atoms with Crippen LogP contribution in [0.5, 0.6) is 11.5 Å². The number of nitrogens with one attached hydrogen (secondary N) is 1. The zero-order valence-electron chi connectivity index (χ0n) is 13.7. The summed E-state index contributed by atoms with van der Waals surface area (Å²) in [6, 6.07) is 6.05. The van der Waals surface area contributed by atoms with Gasteiger partial charge in [-0.05, 0) is 55.2 Å². The number of amides is 2. The highest BCUT2D eigenvalue weighted by molar-refractivity contribution is 5.77. The van der Waals surface area contributed by atoms with Gasteiger partial charge in [0.25, 0.3) is 0 Å². The highest BCUT2D eigenvalue weighted by Gasteiger charge is 2.41. The summed E-state index contributed by atoms with van der Waals surface area (Å²) in [7, 11) is 3.50. The number of urea groups is 1. The predicted octanol–water partition coefficient (Wildman–Crippen LogP) is 2.96. The van der Waals surface area contributed by atoms with Gasteiger partial charge in [-0.15, -0.1) is 0 Å². The van der Waals surface area contributed by atoms with Crippen molar-refractivity contribution < 1.29 is 14.3 Å². The lowest BCUT2D eigenvalue weighted by Gasteiger charge is -2.25. The molecular weight excluding hydrogens is 292 g/mol. The van der Waals surface area contributed by atoms with Gasteiger partial charge in [-0.3, -0.25) is 0 Å². The highest BCUT2D eigenvalue weighted by atomic mass is 16.5. The number of hydrogen-bond acceptors (Lipinski definition) is 3. The van der Waals surface area contributed by atoms with Crippen molar-refractivity contribution in [1.82, 2.24) is 10.2 Å². The van der Waals surface area contributed by atoms with Crippen LogP contribution in [0, 0.1) is 11.8 Å². The summed E-state index contributed by atoms with van der Waals surface area (Å²) in [5.41, 5.74) is 1.09. The van der Waals surface area contributed by atoms with Gasteiger partial charge >= 0.3 is 6.03 Å². The first-order chi connectivity index (χ1) is 11.2. The summed E-state index contributed by atoms with van der Waals surface area (Å²) < 4.78 is 11.8. The molecule has 4 atom stereocenters. The van der Waals surface area contributed by atoms with Crippen LogP contribution in [0.4, 0.5) is 4.79 Å².